The molecule has 0 aliphatic rings. The van der Waals surface area contributed by atoms with Gasteiger partial charge in [0.25, 0.3) is 0 Å². The van der Waals surface area contributed by atoms with Crippen LogP contribution in [0.1, 0.15) is 343 Å². The summed E-state index contributed by atoms with van der Waals surface area (Å²) in [6.45, 7) is 9.40. The van der Waals surface area contributed by atoms with Crippen LogP contribution < -0.4 is 0 Å². The lowest BCUT2D eigenvalue weighted by atomic mass is 10.0. The van der Waals surface area contributed by atoms with E-state index in [9.17, 15) is 43.2 Å². The Morgan fingerprint density at radius 1 is 0.341 bits per heavy atom. The molecule has 2 unspecified atom stereocenters. The minimum atomic E-state index is -4.96. The second-order valence-corrected chi connectivity index (χ2v) is 29.2. The van der Waals surface area contributed by atoms with Crippen LogP contribution in [0, 0.1) is 11.8 Å². The Hall–Kier alpha value is -2.46. The summed E-state index contributed by atoms with van der Waals surface area (Å²) in [7, 11) is -9.91. The number of phosphoric ester groups is 2. The largest absolute Gasteiger partial charge is 0.472 e. The van der Waals surface area contributed by atoms with Gasteiger partial charge in [0.05, 0.1) is 26.4 Å². The fraction of sp³-hybridized carbons (Fsp3) is 0.889. The maximum absolute atomic E-state index is 13.0. The predicted octanol–water partition coefficient (Wildman–Crippen LogP) is 20.3. The smallest absolute Gasteiger partial charge is 0.462 e. The molecule has 0 heterocycles. The van der Waals surface area contributed by atoms with E-state index in [1.165, 1.54) is 135 Å². The zero-order valence-electron chi connectivity index (χ0n) is 58.6. The molecule has 0 saturated carbocycles. The highest BCUT2D eigenvalue weighted by Gasteiger charge is 2.30. The van der Waals surface area contributed by atoms with Crippen molar-refractivity contribution in [2.24, 2.45) is 11.8 Å². The standard InChI is InChI=1S/C72H136O17P2/c1-7-9-11-13-15-17-18-19-22-26-29-32-36-43-49-55-70(75)83-60-67(88-71(76)56-50-44-37-33-30-27-24-21-20-23-25-28-31-34-40-46-52-64(3)4)62-86-90(78,79)84-58-66(73)59-85-91(80,81)87-63-68(61-82-69(74)54-48-42-35-16-14-12-10-8-2)89-72(77)57-51-45-39-38-41-47-53-65(5)6/h17-19,22,64-68,73H,7-16,20-21,23-63H2,1-6H3,(H,78,79)(H,80,81)/b18-17-,22-19-/t66-,67-,68-/m1/s1. The summed E-state index contributed by atoms with van der Waals surface area (Å²) in [4.78, 5) is 72.4. The van der Waals surface area contributed by atoms with E-state index in [1.807, 2.05) is 0 Å². The second-order valence-electron chi connectivity index (χ2n) is 26.2. The number of aliphatic hydroxyl groups excluding tert-OH is 1. The number of allylic oxidation sites excluding steroid dienone is 4. The summed E-state index contributed by atoms with van der Waals surface area (Å²) in [5, 5.41) is 10.6. The van der Waals surface area contributed by atoms with E-state index in [0.717, 1.165) is 121 Å². The molecule has 0 radical (unpaired) electrons. The number of esters is 4. The van der Waals surface area contributed by atoms with Crippen molar-refractivity contribution in [1.82, 2.24) is 0 Å². The van der Waals surface area contributed by atoms with Crippen LogP contribution in [0.15, 0.2) is 24.3 Å². The number of phosphoric acid groups is 2. The zero-order chi connectivity index (χ0) is 67.2. The van der Waals surface area contributed by atoms with Crippen molar-refractivity contribution in [2.75, 3.05) is 39.6 Å². The molecule has 536 valence electrons. The molecule has 0 aromatic heterocycles. The van der Waals surface area contributed by atoms with Crippen LogP contribution in [-0.4, -0.2) is 96.7 Å². The number of hydrogen-bond acceptors (Lipinski definition) is 15. The first-order chi connectivity index (χ1) is 43.9. The first kappa shape index (κ1) is 88.5. The topological polar surface area (TPSA) is 237 Å². The van der Waals surface area contributed by atoms with E-state index in [0.29, 0.717) is 31.6 Å². The van der Waals surface area contributed by atoms with E-state index >= 15 is 0 Å². The predicted molar refractivity (Wildman–Crippen MR) is 367 cm³/mol. The number of rotatable bonds is 69. The third-order valence-corrected chi connectivity index (χ3v) is 18.0. The molecule has 0 aromatic rings. The van der Waals surface area contributed by atoms with Gasteiger partial charge in [-0.15, -0.1) is 0 Å². The molecule has 0 aliphatic carbocycles. The molecule has 0 aliphatic heterocycles. The van der Waals surface area contributed by atoms with Crippen LogP contribution in [0.5, 0.6) is 0 Å². The second kappa shape index (κ2) is 63.6. The average Bonchev–Trinajstić information content (AvgIpc) is 3.56. The number of aliphatic hydroxyl groups is 1. The van der Waals surface area contributed by atoms with E-state index in [1.54, 1.807) is 0 Å². The maximum atomic E-state index is 13.0. The number of hydrogen-bond donors (Lipinski definition) is 3. The summed E-state index contributed by atoms with van der Waals surface area (Å²) in [6.07, 6.45) is 52.5. The summed E-state index contributed by atoms with van der Waals surface area (Å²) >= 11 is 0. The Morgan fingerprint density at radius 3 is 0.901 bits per heavy atom. The van der Waals surface area contributed by atoms with Gasteiger partial charge in [-0.2, -0.15) is 0 Å². The quantitative estimate of drug-likeness (QED) is 0.0169. The van der Waals surface area contributed by atoms with Gasteiger partial charge in [0.2, 0.25) is 0 Å². The molecule has 91 heavy (non-hydrogen) atoms. The Bertz CT molecular complexity index is 1860. The number of unbranched alkanes of at least 4 members (excludes halogenated alkanes) is 36. The van der Waals surface area contributed by atoms with Crippen molar-refractivity contribution < 1.29 is 80.2 Å². The van der Waals surface area contributed by atoms with Gasteiger partial charge in [-0.05, 0) is 63.2 Å². The molecule has 19 heteroatoms. The highest BCUT2D eigenvalue weighted by atomic mass is 31.2. The molecule has 0 rings (SSSR count). The Balaban J connectivity index is 5.22. The van der Waals surface area contributed by atoms with Crippen molar-refractivity contribution in [2.45, 2.75) is 362 Å². The maximum Gasteiger partial charge on any atom is 0.472 e. The third-order valence-electron chi connectivity index (χ3n) is 16.1. The normalized spacial score (nSPS) is 14.3. The molecule has 0 aromatic carbocycles. The van der Waals surface area contributed by atoms with Crippen LogP contribution in [0.3, 0.4) is 0 Å². The van der Waals surface area contributed by atoms with E-state index < -0.39 is 97.5 Å². The Labute approximate surface area is 554 Å². The first-order valence-corrected chi connectivity index (χ1v) is 39.8. The molecule has 17 nitrogen and oxygen atoms in total. The van der Waals surface area contributed by atoms with Gasteiger partial charge in [-0.1, -0.05) is 291 Å². The van der Waals surface area contributed by atoms with Crippen LogP contribution in [-0.2, 0) is 65.4 Å². The first-order valence-electron chi connectivity index (χ1n) is 36.8. The Kier molecular flexibility index (Phi) is 61.9. The summed E-state index contributed by atoms with van der Waals surface area (Å²) in [6, 6.07) is 0. The molecule has 5 atom stereocenters. The van der Waals surface area contributed by atoms with Gasteiger partial charge >= 0.3 is 39.5 Å². The number of ether oxygens (including phenoxy) is 4. The van der Waals surface area contributed by atoms with Crippen LogP contribution in [0.25, 0.3) is 0 Å². The lowest BCUT2D eigenvalue weighted by molar-refractivity contribution is -0.161. The Morgan fingerprint density at radius 2 is 0.593 bits per heavy atom. The fourth-order valence-corrected chi connectivity index (χ4v) is 12.0. The molecule has 0 saturated heterocycles. The lowest BCUT2D eigenvalue weighted by Gasteiger charge is -2.21. The van der Waals surface area contributed by atoms with Gasteiger partial charge in [0, 0.05) is 25.7 Å². The summed E-state index contributed by atoms with van der Waals surface area (Å²) in [5.41, 5.74) is 0. The minimum absolute atomic E-state index is 0.0996. The van der Waals surface area contributed by atoms with Crippen LogP contribution in [0.2, 0.25) is 0 Å². The molecule has 3 N–H and O–H groups in total. The fourth-order valence-electron chi connectivity index (χ4n) is 10.4. The van der Waals surface area contributed by atoms with Crippen molar-refractivity contribution in [3.8, 4) is 0 Å². The molecule has 0 amide bonds. The summed E-state index contributed by atoms with van der Waals surface area (Å²) < 4.78 is 68.2. The van der Waals surface area contributed by atoms with E-state index in [4.69, 9.17) is 37.0 Å². The minimum Gasteiger partial charge on any atom is -0.462 e. The van der Waals surface area contributed by atoms with Gasteiger partial charge in [-0.3, -0.25) is 37.3 Å². The van der Waals surface area contributed by atoms with Gasteiger partial charge in [-0.25, -0.2) is 9.13 Å². The monoisotopic (exact) mass is 1330 g/mol. The average molecular weight is 1340 g/mol. The number of carbonyl (C=O) groups is 4. The van der Waals surface area contributed by atoms with E-state index in [-0.39, 0.29) is 25.7 Å². The molecular weight excluding hydrogens is 1200 g/mol. The van der Waals surface area contributed by atoms with Gasteiger partial charge in [0.15, 0.2) is 12.2 Å². The van der Waals surface area contributed by atoms with Crippen LogP contribution >= 0.6 is 15.6 Å². The molecular formula is C72H136O17P2. The van der Waals surface area contributed by atoms with E-state index in [2.05, 4.69) is 65.8 Å². The highest BCUT2D eigenvalue weighted by Crippen LogP contribution is 2.45. The summed E-state index contributed by atoms with van der Waals surface area (Å²) in [5.74, 6) is -0.684. The molecule has 0 spiro atoms. The van der Waals surface area contributed by atoms with Crippen molar-refractivity contribution in [1.29, 1.82) is 0 Å². The van der Waals surface area contributed by atoms with Crippen molar-refractivity contribution in [3.63, 3.8) is 0 Å². The highest BCUT2D eigenvalue weighted by molar-refractivity contribution is 7.47. The molecule has 0 bridgehead atoms. The zero-order valence-corrected chi connectivity index (χ0v) is 60.4. The van der Waals surface area contributed by atoms with Crippen LogP contribution in [0.4, 0.5) is 0 Å². The SMILES string of the molecule is CCCCCC/C=C\C=C/CCCCCCCC(=O)OC[C@H](COP(=O)(O)OC[C@@H](O)COP(=O)(O)OC[C@@H](COC(=O)CCCCCCCCCC)OC(=O)CCCCCCCCC(C)C)OC(=O)CCCCCCCCCCCCCCCCCCC(C)C. The molecule has 0 fully saturated rings. The number of carbonyl (C=O) groups excluding carboxylic acids is 4. The van der Waals surface area contributed by atoms with Gasteiger partial charge < -0.3 is 33.8 Å². The third kappa shape index (κ3) is 66.0. The van der Waals surface area contributed by atoms with Crippen molar-refractivity contribution >= 4 is 39.5 Å². The van der Waals surface area contributed by atoms with Gasteiger partial charge in [0.1, 0.15) is 19.3 Å². The van der Waals surface area contributed by atoms with Crippen molar-refractivity contribution in [3.05, 3.63) is 24.3 Å². The lowest BCUT2D eigenvalue weighted by Crippen LogP contribution is -2.30.